The van der Waals surface area contributed by atoms with Gasteiger partial charge in [-0.3, -0.25) is 4.79 Å². The predicted molar refractivity (Wildman–Crippen MR) is 72.0 cm³/mol. The second-order valence-electron chi connectivity index (χ2n) is 3.31. The number of hydrogen-bond donors (Lipinski definition) is 0. The molecule has 0 fully saturated rings. The lowest BCUT2D eigenvalue weighted by atomic mass is 10.2. The minimum Gasteiger partial charge on any atom is -0.469 e. The van der Waals surface area contributed by atoms with Gasteiger partial charge >= 0.3 is 12.3 Å². The van der Waals surface area contributed by atoms with Crippen LogP contribution >= 0.6 is 38.5 Å². The summed E-state index contributed by atoms with van der Waals surface area (Å²) in [5, 5.41) is 0.316. The molecule has 19 heavy (non-hydrogen) atoms. The van der Waals surface area contributed by atoms with Gasteiger partial charge in [-0.2, -0.15) is 0 Å². The van der Waals surface area contributed by atoms with Gasteiger partial charge in [0.15, 0.2) is 0 Å². The molecule has 0 aliphatic carbocycles. The third-order valence-corrected chi connectivity index (χ3v) is 3.90. The van der Waals surface area contributed by atoms with Crippen LogP contribution in [0.15, 0.2) is 6.07 Å². The van der Waals surface area contributed by atoms with Crippen LogP contribution in [0, 0.1) is 3.57 Å². The molecule has 0 aromatic carbocycles. The van der Waals surface area contributed by atoms with E-state index in [-0.39, 0.29) is 12.1 Å². The Bertz CT molecular complexity index is 482. The molecular weight excluding hydrogens is 446 g/mol. The highest BCUT2D eigenvalue weighted by Gasteiger charge is 2.32. The number of nitrogens with zero attached hydrogens (tertiary/aromatic N) is 1. The number of hydrogen-bond acceptors (Lipinski definition) is 4. The average Bonchev–Trinajstić information content (AvgIpc) is 2.30. The SMILES string of the molecule is COC(=O)Cc1nc(OC(F)(F)F)cc(CBr)c1I. The summed E-state index contributed by atoms with van der Waals surface area (Å²) < 4.78 is 45.3. The van der Waals surface area contributed by atoms with E-state index in [1.165, 1.54) is 13.2 Å². The Hall–Kier alpha value is -0.580. The van der Waals surface area contributed by atoms with E-state index in [9.17, 15) is 18.0 Å². The summed E-state index contributed by atoms with van der Waals surface area (Å²) >= 11 is 5.06. The molecule has 1 aromatic heterocycles. The van der Waals surface area contributed by atoms with E-state index in [1.54, 1.807) is 0 Å². The van der Waals surface area contributed by atoms with Crippen LogP contribution in [0.1, 0.15) is 11.3 Å². The van der Waals surface area contributed by atoms with Crippen molar-refractivity contribution in [3.8, 4) is 5.88 Å². The number of ether oxygens (including phenoxy) is 2. The Balaban J connectivity index is 3.14. The van der Waals surface area contributed by atoms with E-state index in [0.29, 0.717) is 14.5 Å². The molecule has 106 valence electrons. The molecule has 1 heterocycles. The van der Waals surface area contributed by atoms with Crippen molar-refractivity contribution in [1.82, 2.24) is 4.98 Å². The lowest BCUT2D eigenvalue weighted by Crippen LogP contribution is -2.19. The van der Waals surface area contributed by atoms with Crippen LogP contribution in [0.25, 0.3) is 0 Å². The Morgan fingerprint density at radius 1 is 1.53 bits per heavy atom. The summed E-state index contributed by atoms with van der Waals surface area (Å²) in [6, 6.07) is 1.17. The molecule has 0 amide bonds. The number of aromatic nitrogens is 1. The van der Waals surface area contributed by atoms with Crippen molar-refractivity contribution in [1.29, 1.82) is 0 Å². The largest absolute Gasteiger partial charge is 0.574 e. The van der Waals surface area contributed by atoms with Gasteiger partial charge in [0.1, 0.15) is 0 Å². The van der Waals surface area contributed by atoms with Gasteiger partial charge in [-0.1, -0.05) is 15.9 Å². The number of rotatable bonds is 4. The summed E-state index contributed by atoms with van der Waals surface area (Å²) in [5.74, 6) is -1.18. The van der Waals surface area contributed by atoms with Crippen molar-refractivity contribution < 1.29 is 27.4 Å². The highest BCUT2D eigenvalue weighted by atomic mass is 127. The fraction of sp³-hybridized carbons (Fsp3) is 0.400. The lowest BCUT2D eigenvalue weighted by Gasteiger charge is -2.12. The molecule has 0 saturated carbocycles. The van der Waals surface area contributed by atoms with Crippen molar-refractivity contribution in [2.75, 3.05) is 7.11 Å². The molecule has 0 spiro atoms. The van der Waals surface area contributed by atoms with Gasteiger partial charge in [-0.05, 0) is 28.2 Å². The Morgan fingerprint density at radius 3 is 2.63 bits per heavy atom. The Labute approximate surface area is 128 Å². The van der Waals surface area contributed by atoms with Gasteiger partial charge in [-0.25, -0.2) is 4.98 Å². The van der Waals surface area contributed by atoms with Crippen LogP contribution in [0.2, 0.25) is 0 Å². The number of carbonyl (C=O) groups is 1. The van der Waals surface area contributed by atoms with Gasteiger partial charge in [0, 0.05) is 15.0 Å². The van der Waals surface area contributed by atoms with Gasteiger partial charge < -0.3 is 9.47 Å². The molecule has 1 aromatic rings. The fourth-order valence-electron chi connectivity index (χ4n) is 1.21. The van der Waals surface area contributed by atoms with E-state index in [4.69, 9.17) is 0 Å². The van der Waals surface area contributed by atoms with Crippen LogP contribution < -0.4 is 4.74 Å². The monoisotopic (exact) mass is 453 g/mol. The number of methoxy groups -OCH3 is 1. The molecule has 0 aliphatic heterocycles. The van der Waals surface area contributed by atoms with E-state index in [0.717, 1.165) is 0 Å². The van der Waals surface area contributed by atoms with Crippen LogP contribution in [0.4, 0.5) is 13.2 Å². The molecular formula is C10H8BrF3INO3. The third-order valence-electron chi connectivity index (χ3n) is 1.98. The maximum absolute atomic E-state index is 12.2. The van der Waals surface area contributed by atoms with Crippen molar-refractivity contribution in [2.24, 2.45) is 0 Å². The molecule has 0 saturated heterocycles. The number of halogens is 5. The minimum absolute atomic E-state index is 0.184. The molecule has 9 heteroatoms. The average molecular weight is 454 g/mol. The summed E-state index contributed by atoms with van der Waals surface area (Å²) in [4.78, 5) is 14.9. The van der Waals surface area contributed by atoms with Gasteiger partial charge in [0.2, 0.25) is 5.88 Å². The van der Waals surface area contributed by atoms with Crippen LogP contribution in [0.5, 0.6) is 5.88 Å². The van der Waals surface area contributed by atoms with E-state index >= 15 is 0 Å². The summed E-state index contributed by atoms with van der Waals surface area (Å²) in [7, 11) is 1.19. The highest BCUT2D eigenvalue weighted by Crippen LogP contribution is 2.27. The molecule has 0 bridgehead atoms. The number of pyridine rings is 1. The van der Waals surface area contributed by atoms with Gasteiger partial charge in [-0.15, -0.1) is 13.2 Å². The topological polar surface area (TPSA) is 48.4 Å². The van der Waals surface area contributed by atoms with Crippen molar-refractivity contribution in [3.05, 3.63) is 20.9 Å². The zero-order chi connectivity index (χ0) is 14.6. The lowest BCUT2D eigenvalue weighted by molar-refractivity contribution is -0.276. The van der Waals surface area contributed by atoms with E-state index in [2.05, 4.69) is 30.4 Å². The molecule has 1 rings (SSSR count). The van der Waals surface area contributed by atoms with Crippen LogP contribution in [-0.4, -0.2) is 24.4 Å². The third kappa shape index (κ3) is 5.13. The van der Waals surface area contributed by atoms with Gasteiger partial charge in [0.25, 0.3) is 0 Å². The maximum atomic E-state index is 12.2. The Morgan fingerprint density at radius 2 is 2.16 bits per heavy atom. The first-order chi connectivity index (χ1) is 8.76. The zero-order valence-electron chi connectivity index (χ0n) is 9.55. The summed E-state index contributed by atoms with van der Waals surface area (Å²) in [5.41, 5.74) is 0.734. The molecule has 0 unspecified atom stereocenters. The van der Waals surface area contributed by atoms with Crippen LogP contribution in [0.3, 0.4) is 0 Å². The molecule has 0 atom stereocenters. The fourth-order valence-corrected chi connectivity index (χ4v) is 2.83. The molecule has 0 aliphatic rings. The minimum atomic E-state index is -4.83. The van der Waals surface area contributed by atoms with Crippen molar-refractivity contribution in [2.45, 2.75) is 18.1 Å². The summed E-state index contributed by atoms with van der Waals surface area (Å²) in [6.07, 6.45) is -5.05. The first kappa shape index (κ1) is 16.5. The number of esters is 1. The summed E-state index contributed by atoms with van der Waals surface area (Å²) in [6.45, 7) is 0. The quantitative estimate of drug-likeness (QED) is 0.399. The standard InChI is InChI=1S/C10H8BrF3INO3/c1-18-8(17)3-6-9(15)5(4-11)2-7(16-6)19-10(12,13)14/h2H,3-4H2,1H3. The van der Waals surface area contributed by atoms with E-state index < -0.39 is 18.2 Å². The second-order valence-corrected chi connectivity index (χ2v) is 4.95. The number of alkyl halides is 4. The highest BCUT2D eigenvalue weighted by molar-refractivity contribution is 14.1. The van der Waals surface area contributed by atoms with E-state index in [1.807, 2.05) is 22.6 Å². The van der Waals surface area contributed by atoms with Crippen LogP contribution in [-0.2, 0) is 21.3 Å². The zero-order valence-corrected chi connectivity index (χ0v) is 13.3. The molecule has 4 nitrogen and oxygen atoms in total. The van der Waals surface area contributed by atoms with Crippen molar-refractivity contribution in [3.63, 3.8) is 0 Å². The molecule has 0 radical (unpaired) electrons. The maximum Gasteiger partial charge on any atom is 0.574 e. The normalized spacial score (nSPS) is 11.3. The first-order valence-corrected chi connectivity index (χ1v) is 7.03. The van der Waals surface area contributed by atoms with Gasteiger partial charge in [0.05, 0.1) is 19.2 Å². The molecule has 0 N–H and O–H groups in total. The Kier molecular flexibility index (Phi) is 5.83. The first-order valence-electron chi connectivity index (χ1n) is 4.83. The van der Waals surface area contributed by atoms with Crippen molar-refractivity contribution >= 4 is 44.5 Å². The predicted octanol–water partition coefficient (Wildman–Crippen LogP) is 3.20. The number of carbonyl (C=O) groups excluding carboxylic acids is 1. The smallest absolute Gasteiger partial charge is 0.469 e. The second kappa shape index (κ2) is 6.73.